The first kappa shape index (κ1) is 18.5. The summed E-state index contributed by atoms with van der Waals surface area (Å²) in [6.07, 6.45) is 1.21. The third kappa shape index (κ3) is 5.60. The second kappa shape index (κ2) is 9.43. The molecule has 0 radical (unpaired) electrons. The molecule has 1 amide bonds. The number of carbonyl (C=O) groups excluding carboxylic acids is 2. The minimum Gasteiger partial charge on any atom is -0.493 e. The number of esters is 1. The molecule has 6 nitrogen and oxygen atoms in total. The highest BCUT2D eigenvalue weighted by atomic mass is 16.6. The van der Waals surface area contributed by atoms with Crippen molar-refractivity contribution < 1.29 is 23.8 Å². The monoisotopic (exact) mass is 367 g/mol. The highest BCUT2D eigenvalue weighted by Crippen LogP contribution is 2.12. The molecule has 27 heavy (non-hydrogen) atoms. The zero-order valence-electron chi connectivity index (χ0n) is 14.9. The molecule has 2 aromatic rings. The number of carbonyl (C=O) groups is 2. The molecule has 0 spiro atoms. The van der Waals surface area contributed by atoms with Crippen LogP contribution in [0.3, 0.4) is 0 Å². The van der Waals surface area contributed by atoms with E-state index >= 15 is 0 Å². The van der Waals surface area contributed by atoms with Crippen molar-refractivity contribution in [2.24, 2.45) is 0 Å². The van der Waals surface area contributed by atoms with Gasteiger partial charge in [-0.2, -0.15) is 0 Å². The molecule has 0 unspecified atom stereocenters. The summed E-state index contributed by atoms with van der Waals surface area (Å²) in [5.74, 6) is -1.01. The van der Waals surface area contributed by atoms with Crippen LogP contribution >= 0.6 is 0 Å². The third-order valence-corrected chi connectivity index (χ3v) is 3.96. The van der Waals surface area contributed by atoms with E-state index in [2.05, 4.69) is 0 Å². The molecule has 6 heteroatoms. The molecular weight excluding hydrogens is 346 g/mol. The summed E-state index contributed by atoms with van der Waals surface area (Å²) in [7, 11) is 0. The molecule has 0 aromatic heterocycles. The summed E-state index contributed by atoms with van der Waals surface area (Å²) in [5.41, 5.74) is 2.00. The van der Waals surface area contributed by atoms with Crippen LogP contribution in [-0.2, 0) is 36.9 Å². The molecular formula is C21H21NO5. The summed E-state index contributed by atoms with van der Waals surface area (Å²) in [5, 5.41) is 0. The van der Waals surface area contributed by atoms with Crippen LogP contribution in [0.4, 0.5) is 0 Å². The first-order valence-electron chi connectivity index (χ1n) is 8.69. The van der Waals surface area contributed by atoms with Gasteiger partial charge in [-0.3, -0.25) is 4.79 Å². The van der Waals surface area contributed by atoms with E-state index in [1.165, 1.54) is 6.26 Å². The van der Waals surface area contributed by atoms with Crippen molar-refractivity contribution in [2.45, 2.75) is 13.1 Å². The molecule has 0 saturated heterocycles. The van der Waals surface area contributed by atoms with Crippen molar-refractivity contribution in [1.29, 1.82) is 0 Å². The van der Waals surface area contributed by atoms with Crippen LogP contribution in [0.15, 0.2) is 72.7 Å². The van der Waals surface area contributed by atoms with Crippen molar-refractivity contribution in [2.75, 3.05) is 19.8 Å². The molecule has 3 rings (SSSR count). The number of benzene rings is 2. The molecule has 0 atom stereocenters. The Balaban J connectivity index is 1.64. The Morgan fingerprint density at radius 3 is 2.00 bits per heavy atom. The molecule has 1 aliphatic rings. The largest absolute Gasteiger partial charge is 0.493 e. The van der Waals surface area contributed by atoms with E-state index in [4.69, 9.17) is 14.2 Å². The lowest BCUT2D eigenvalue weighted by Crippen LogP contribution is -2.34. The van der Waals surface area contributed by atoms with Gasteiger partial charge in [0.2, 0.25) is 5.76 Å². The SMILES string of the molecule is O=C(OCC(=O)N(Cc1ccccc1)Cc1ccccc1)C1=COCCO1. The number of nitrogens with zero attached hydrogens (tertiary/aromatic N) is 1. The van der Waals surface area contributed by atoms with Crippen molar-refractivity contribution in [1.82, 2.24) is 4.90 Å². The van der Waals surface area contributed by atoms with Gasteiger partial charge in [0.15, 0.2) is 6.61 Å². The predicted octanol–water partition coefficient (Wildman–Crippen LogP) is 2.65. The van der Waals surface area contributed by atoms with Crippen LogP contribution in [0.5, 0.6) is 0 Å². The minimum atomic E-state index is -0.706. The topological polar surface area (TPSA) is 65.1 Å². The minimum absolute atomic E-state index is 0.0216. The van der Waals surface area contributed by atoms with Crippen LogP contribution < -0.4 is 0 Å². The van der Waals surface area contributed by atoms with Gasteiger partial charge in [-0.15, -0.1) is 0 Å². The lowest BCUT2D eigenvalue weighted by atomic mass is 10.1. The lowest BCUT2D eigenvalue weighted by Gasteiger charge is -2.23. The summed E-state index contributed by atoms with van der Waals surface area (Å²) in [6.45, 7) is 1.16. The van der Waals surface area contributed by atoms with Crippen LogP contribution in [0.2, 0.25) is 0 Å². The van der Waals surface area contributed by atoms with E-state index < -0.39 is 5.97 Å². The maximum atomic E-state index is 12.7. The summed E-state index contributed by atoms with van der Waals surface area (Å²) in [4.78, 5) is 26.3. The number of amides is 1. The quantitative estimate of drug-likeness (QED) is 0.704. The third-order valence-electron chi connectivity index (χ3n) is 3.96. The van der Waals surface area contributed by atoms with Gasteiger partial charge < -0.3 is 19.1 Å². The average molecular weight is 367 g/mol. The van der Waals surface area contributed by atoms with E-state index in [1.807, 2.05) is 60.7 Å². The van der Waals surface area contributed by atoms with Gasteiger partial charge in [-0.1, -0.05) is 60.7 Å². The normalized spacial score (nSPS) is 13.0. The Morgan fingerprint density at radius 2 is 1.48 bits per heavy atom. The average Bonchev–Trinajstić information content (AvgIpc) is 2.73. The van der Waals surface area contributed by atoms with Crippen molar-refractivity contribution in [3.05, 3.63) is 83.8 Å². The Bertz CT molecular complexity index is 747. The molecule has 0 N–H and O–H groups in total. The lowest BCUT2D eigenvalue weighted by molar-refractivity contribution is -0.153. The summed E-state index contributed by atoms with van der Waals surface area (Å²) in [6, 6.07) is 19.4. The maximum absolute atomic E-state index is 12.7. The van der Waals surface area contributed by atoms with Gasteiger partial charge in [-0.05, 0) is 11.1 Å². The Kier molecular flexibility index (Phi) is 6.46. The van der Waals surface area contributed by atoms with Gasteiger partial charge in [0, 0.05) is 13.1 Å². The second-order valence-corrected chi connectivity index (χ2v) is 6.00. The first-order valence-corrected chi connectivity index (χ1v) is 8.69. The van der Waals surface area contributed by atoms with Gasteiger partial charge in [0.05, 0.1) is 0 Å². The number of rotatable bonds is 7. The van der Waals surface area contributed by atoms with E-state index in [-0.39, 0.29) is 24.9 Å². The fourth-order valence-electron chi connectivity index (χ4n) is 2.60. The predicted molar refractivity (Wildman–Crippen MR) is 98.1 cm³/mol. The smallest absolute Gasteiger partial charge is 0.377 e. The molecule has 0 bridgehead atoms. The van der Waals surface area contributed by atoms with Crippen LogP contribution in [0.25, 0.3) is 0 Å². The van der Waals surface area contributed by atoms with Gasteiger partial charge in [-0.25, -0.2) is 4.79 Å². The Labute approximate surface area is 158 Å². The standard InChI is InChI=1S/C21H21NO5/c23-20(16-27-21(24)19-15-25-11-12-26-19)22(13-17-7-3-1-4-8-17)14-18-9-5-2-6-10-18/h1-10,15H,11-14,16H2. The van der Waals surface area contributed by atoms with Crippen LogP contribution in [-0.4, -0.2) is 36.6 Å². The molecule has 0 fully saturated rings. The zero-order chi connectivity index (χ0) is 18.9. The highest BCUT2D eigenvalue weighted by molar-refractivity contribution is 5.88. The number of ether oxygens (including phenoxy) is 3. The second-order valence-electron chi connectivity index (χ2n) is 6.00. The maximum Gasteiger partial charge on any atom is 0.377 e. The fraction of sp³-hybridized carbons (Fsp3) is 0.238. The number of hydrogen-bond donors (Lipinski definition) is 0. The Hall–Kier alpha value is -3.28. The molecule has 1 heterocycles. The van der Waals surface area contributed by atoms with Crippen molar-refractivity contribution in [3.63, 3.8) is 0 Å². The highest BCUT2D eigenvalue weighted by Gasteiger charge is 2.21. The summed E-state index contributed by atoms with van der Waals surface area (Å²) >= 11 is 0. The number of hydrogen-bond acceptors (Lipinski definition) is 5. The fourth-order valence-corrected chi connectivity index (χ4v) is 2.60. The van der Waals surface area contributed by atoms with Gasteiger partial charge in [0.1, 0.15) is 19.5 Å². The van der Waals surface area contributed by atoms with Crippen molar-refractivity contribution >= 4 is 11.9 Å². The van der Waals surface area contributed by atoms with E-state index in [0.29, 0.717) is 19.7 Å². The van der Waals surface area contributed by atoms with E-state index in [0.717, 1.165) is 11.1 Å². The molecule has 0 aliphatic carbocycles. The molecule has 0 saturated carbocycles. The van der Waals surface area contributed by atoms with Gasteiger partial charge >= 0.3 is 5.97 Å². The van der Waals surface area contributed by atoms with Crippen molar-refractivity contribution in [3.8, 4) is 0 Å². The molecule has 1 aliphatic heterocycles. The zero-order valence-corrected chi connectivity index (χ0v) is 14.9. The summed E-state index contributed by atoms with van der Waals surface area (Å²) < 4.78 is 15.3. The first-order chi connectivity index (χ1) is 13.2. The van der Waals surface area contributed by atoms with E-state index in [1.54, 1.807) is 4.90 Å². The van der Waals surface area contributed by atoms with Gasteiger partial charge in [0.25, 0.3) is 5.91 Å². The van der Waals surface area contributed by atoms with E-state index in [9.17, 15) is 9.59 Å². The van der Waals surface area contributed by atoms with Crippen LogP contribution in [0, 0.1) is 0 Å². The Morgan fingerprint density at radius 1 is 0.889 bits per heavy atom. The molecule has 140 valence electrons. The van der Waals surface area contributed by atoms with Crippen LogP contribution in [0.1, 0.15) is 11.1 Å². The molecule has 2 aromatic carbocycles.